The van der Waals surface area contributed by atoms with E-state index in [1.807, 2.05) is 12.1 Å². The van der Waals surface area contributed by atoms with E-state index in [0.717, 1.165) is 51.1 Å². The predicted molar refractivity (Wildman–Crippen MR) is 139 cm³/mol. The lowest BCUT2D eigenvalue weighted by molar-refractivity contribution is -0.160. The fraction of sp³-hybridized carbons (Fsp3) is 0.704. The van der Waals surface area contributed by atoms with E-state index in [0.29, 0.717) is 60.8 Å². The zero-order valence-corrected chi connectivity index (χ0v) is 22.6. The van der Waals surface area contributed by atoms with Crippen molar-refractivity contribution in [1.82, 2.24) is 20.6 Å². The van der Waals surface area contributed by atoms with Gasteiger partial charge in [0.25, 0.3) is 0 Å². The summed E-state index contributed by atoms with van der Waals surface area (Å²) in [5, 5.41) is 3.08. The third-order valence-electron chi connectivity index (χ3n) is 8.13. The quantitative estimate of drug-likeness (QED) is 0.478. The molecule has 0 radical (unpaired) electrons. The third kappa shape index (κ3) is 6.73. The van der Waals surface area contributed by atoms with E-state index >= 15 is 0 Å². The van der Waals surface area contributed by atoms with E-state index in [1.54, 1.807) is 21.3 Å². The monoisotopic (exact) mass is 518 g/mol. The van der Waals surface area contributed by atoms with Gasteiger partial charge in [-0.1, -0.05) is 13.0 Å². The number of hydrogen-bond acceptors (Lipinski definition) is 9. The maximum atomic E-state index is 12.6. The SMILES string of the molecule is COc1ccc(CN2CCN(CC(=O)NCCC3NOC4CC(=O)CCC4C3C)CC2)c(OC)c1OC. The molecule has 206 valence electrons. The minimum atomic E-state index is -0.00593. The van der Waals surface area contributed by atoms with Gasteiger partial charge in [0.2, 0.25) is 11.7 Å². The highest BCUT2D eigenvalue weighted by atomic mass is 16.7. The lowest BCUT2D eigenvalue weighted by Gasteiger charge is -2.43. The average Bonchev–Trinajstić information content (AvgIpc) is 2.90. The molecular formula is C27H42N4O6. The highest BCUT2D eigenvalue weighted by molar-refractivity contribution is 5.79. The molecule has 1 amide bonds. The van der Waals surface area contributed by atoms with Crippen molar-refractivity contribution in [3.8, 4) is 17.2 Å². The number of ketones is 1. The van der Waals surface area contributed by atoms with Crippen molar-refractivity contribution in [3.63, 3.8) is 0 Å². The normalized spacial score (nSPS) is 26.9. The molecule has 1 saturated carbocycles. The number of benzene rings is 1. The van der Waals surface area contributed by atoms with Crippen molar-refractivity contribution in [1.29, 1.82) is 0 Å². The Morgan fingerprint density at radius 2 is 1.81 bits per heavy atom. The minimum absolute atomic E-state index is 0.00593. The van der Waals surface area contributed by atoms with Crippen molar-refractivity contribution >= 4 is 11.7 Å². The standard InChI is InChI=1S/C27H42N4O6/c1-18-21-7-6-20(32)15-24(21)37-29-22(18)9-10-28-25(33)17-31-13-11-30(12-14-31)16-19-5-8-23(34-2)27(36-4)26(19)35-3/h5,8,18,21-22,24,29H,6-7,9-17H2,1-4H3,(H,28,33). The van der Waals surface area contributed by atoms with Crippen LogP contribution in [-0.2, 0) is 21.0 Å². The van der Waals surface area contributed by atoms with Gasteiger partial charge < -0.3 is 19.5 Å². The molecule has 1 aromatic carbocycles. The van der Waals surface area contributed by atoms with E-state index in [1.165, 1.54) is 0 Å². The number of piperazine rings is 1. The predicted octanol–water partition coefficient (Wildman–Crippen LogP) is 1.61. The molecule has 10 nitrogen and oxygen atoms in total. The van der Waals surface area contributed by atoms with E-state index in [2.05, 4.69) is 27.5 Å². The summed E-state index contributed by atoms with van der Waals surface area (Å²) < 4.78 is 16.5. The Labute approximate surface area is 219 Å². The van der Waals surface area contributed by atoms with Crippen LogP contribution >= 0.6 is 0 Å². The van der Waals surface area contributed by atoms with Crippen LogP contribution in [0.1, 0.15) is 38.2 Å². The van der Waals surface area contributed by atoms with Gasteiger partial charge in [0, 0.05) is 63.7 Å². The summed E-state index contributed by atoms with van der Waals surface area (Å²) in [6.45, 7) is 7.40. The molecule has 2 aliphatic heterocycles. The molecule has 4 rings (SSSR count). The highest BCUT2D eigenvalue weighted by Crippen LogP contribution is 2.40. The van der Waals surface area contributed by atoms with E-state index in [9.17, 15) is 9.59 Å². The van der Waals surface area contributed by atoms with Crippen LogP contribution in [0.2, 0.25) is 0 Å². The van der Waals surface area contributed by atoms with Gasteiger partial charge in [-0.3, -0.25) is 24.2 Å². The summed E-state index contributed by atoms with van der Waals surface area (Å²) in [7, 11) is 4.87. The molecule has 37 heavy (non-hydrogen) atoms. The molecule has 2 saturated heterocycles. The first-order chi connectivity index (χ1) is 17.9. The minimum Gasteiger partial charge on any atom is -0.493 e. The Kier molecular flexibility index (Phi) is 9.64. The van der Waals surface area contributed by atoms with Gasteiger partial charge >= 0.3 is 0 Å². The zero-order chi connectivity index (χ0) is 26.4. The number of nitrogens with zero attached hydrogens (tertiary/aromatic N) is 2. The van der Waals surface area contributed by atoms with E-state index < -0.39 is 0 Å². The molecule has 3 fully saturated rings. The number of carbonyl (C=O) groups is 2. The van der Waals surface area contributed by atoms with Crippen LogP contribution in [0.25, 0.3) is 0 Å². The van der Waals surface area contributed by atoms with Crippen molar-refractivity contribution < 1.29 is 28.6 Å². The summed E-state index contributed by atoms with van der Waals surface area (Å²) in [6, 6.07) is 4.11. The molecule has 0 aromatic heterocycles. The summed E-state index contributed by atoms with van der Waals surface area (Å²) in [4.78, 5) is 34.7. The van der Waals surface area contributed by atoms with Crippen LogP contribution in [0.4, 0.5) is 0 Å². The maximum absolute atomic E-state index is 12.6. The number of methoxy groups -OCH3 is 3. The molecule has 4 unspecified atom stereocenters. The first-order valence-corrected chi connectivity index (χ1v) is 13.4. The number of ether oxygens (including phenoxy) is 3. The second kappa shape index (κ2) is 12.9. The molecular weight excluding hydrogens is 476 g/mol. The van der Waals surface area contributed by atoms with Gasteiger partial charge in [0.15, 0.2) is 11.5 Å². The Bertz CT molecular complexity index is 936. The lowest BCUT2D eigenvalue weighted by Crippen LogP contribution is -2.54. The third-order valence-corrected chi connectivity index (χ3v) is 8.13. The highest BCUT2D eigenvalue weighted by Gasteiger charge is 2.41. The molecule has 10 heteroatoms. The second-order valence-corrected chi connectivity index (χ2v) is 10.4. The smallest absolute Gasteiger partial charge is 0.234 e. The Hall–Kier alpha value is -2.40. The molecule has 2 heterocycles. The van der Waals surface area contributed by atoms with Gasteiger partial charge in [-0.15, -0.1) is 0 Å². The Balaban J connectivity index is 1.17. The fourth-order valence-electron chi connectivity index (χ4n) is 5.88. The molecule has 1 aliphatic carbocycles. The number of amides is 1. The summed E-state index contributed by atoms with van der Waals surface area (Å²) in [5.74, 6) is 3.13. The van der Waals surface area contributed by atoms with Crippen LogP contribution in [0.5, 0.6) is 17.2 Å². The van der Waals surface area contributed by atoms with Crippen molar-refractivity contribution in [3.05, 3.63) is 17.7 Å². The number of Topliss-reactive ketones (excluding diaryl/α,β-unsaturated/α-hetero) is 1. The van der Waals surface area contributed by atoms with Gasteiger partial charge in [-0.2, -0.15) is 5.48 Å². The molecule has 0 spiro atoms. The average molecular weight is 519 g/mol. The van der Waals surface area contributed by atoms with Crippen LogP contribution in [0, 0.1) is 11.8 Å². The lowest BCUT2D eigenvalue weighted by atomic mass is 9.74. The van der Waals surface area contributed by atoms with Crippen LogP contribution < -0.4 is 25.0 Å². The zero-order valence-electron chi connectivity index (χ0n) is 22.6. The topological polar surface area (TPSA) is 102 Å². The first kappa shape index (κ1) is 27.6. The number of fused-ring (bicyclic) bond motifs is 1. The molecule has 3 aliphatic rings. The molecule has 0 bridgehead atoms. The Morgan fingerprint density at radius 1 is 1.08 bits per heavy atom. The second-order valence-electron chi connectivity index (χ2n) is 10.4. The number of carbonyl (C=O) groups excluding carboxylic acids is 2. The summed E-state index contributed by atoms with van der Waals surface area (Å²) >= 11 is 0. The molecule has 1 aromatic rings. The Morgan fingerprint density at radius 3 is 2.51 bits per heavy atom. The van der Waals surface area contributed by atoms with E-state index in [-0.39, 0.29) is 18.1 Å². The molecule has 2 N–H and O–H groups in total. The summed E-state index contributed by atoms with van der Waals surface area (Å²) in [5.41, 5.74) is 4.20. The van der Waals surface area contributed by atoms with Gasteiger partial charge in [0.05, 0.1) is 34.0 Å². The van der Waals surface area contributed by atoms with Crippen LogP contribution in [0.15, 0.2) is 12.1 Å². The number of nitrogens with one attached hydrogen (secondary N) is 2. The van der Waals surface area contributed by atoms with Gasteiger partial charge in [0.1, 0.15) is 5.78 Å². The largest absolute Gasteiger partial charge is 0.493 e. The molecule has 4 atom stereocenters. The van der Waals surface area contributed by atoms with Crippen molar-refractivity contribution in [2.75, 3.05) is 60.6 Å². The maximum Gasteiger partial charge on any atom is 0.234 e. The number of hydroxylamine groups is 1. The first-order valence-electron chi connectivity index (χ1n) is 13.4. The van der Waals surface area contributed by atoms with E-state index in [4.69, 9.17) is 19.0 Å². The van der Waals surface area contributed by atoms with Crippen LogP contribution in [-0.4, -0.2) is 94.2 Å². The number of hydrogen-bond donors (Lipinski definition) is 2. The fourth-order valence-corrected chi connectivity index (χ4v) is 5.88. The van der Waals surface area contributed by atoms with Gasteiger partial charge in [-0.05, 0) is 30.7 Å². The number of rotatable bonds is 10. The van der Waals surface area contributed by atoms with Crippen molar-refractivity contribution in [2.45, 2.75) is 51.3 Å². The summed E-state index contributed by atoms with van der Waals surface area (Å²) in [6.07, 6.45) is 2.88. The van der Waals surface area contributed by atoms with Gasteiger partial charge in [-0.25, -0.2) is 0 Å². The van der Waals surface area contributed by atoms with Crippen LogP contribution in [0.3, 0.4) is 0 Å². The van der Waals surface area contributed by atoms with Crippen molar-refractivity contribution in [2.24, 2.45) is 11.8 Å².